The molecule has 0 spiro atoms. The Kier molecular flexibility index (Phi) is 5.69. The maximum atomic E-state index is 5.48. The lowest BCUT2D eigenvalue weighted by atomic mass is 10.1. The molecule has 1 unspecified atom stereocenters. The third-order valence-electron chi connectivity index (χ3n) is 4.78. The van der Waals surface area contributed by atoms with E-state index in [1.54, 1.807) is 21.3 Å². The summed E-state index contributed by atoms with van der Waals surface area (Å²) in [6.45, 7) is 7.03. The smallest absolute Gasteiger partial charge is 0.203 e. The summed E-state index contributed by atoms with van der Waals surface area (Å²) in [5.74, 6) is 2.01. The molecule has 0 aliphatic carbocycles. The largest absolute Gasteiger partial charge is 0.493 e. The van der Waals surface area contributed by atoms with Gasteiger partial charge in [-0.05, 0) is 37.1 Å². The number of ether oxygens (including phenoxy) is 3. The molecule has 0 aromatic heterocycles. The average molecular weight is 356 g/mol. The third-order valence-corrected chi connectivity index (χ3v) is 4.78. The molecule has 5 nitrogen and oxygen atoms in total. The first-order valence-corrected chi connectivity index (χ1v) is 8.87. The SMILES string of the molecule is COc1cc(C2CN(Cc3cc(C)cc(C)c3)CN2)cc(OC)c1OC. The van der Waals surface area contributed by atoms with Crippen LogP contribution in [0.15, 0.2) is 30.3 Å². The van der Waals surface area contributed by atoms with E-state index in [2.05, 4.69) is 42.3 Å². The van der Waals surface area contributed by atoms with Crippen molar-refractivity contribution in [2.45, 2.75) is 26.4 Å². The van der Waals surface area contributed by atoms with Gasteiger partial charge in [0.05, 0.1) is 21.3 Å². The Morgan fingerprint density at radius 1 is 0.923 bits per heavy atom. The van der Waals surface area contributed by atoms with Crippen molar-refractivity contribution in [3.8, 4) is 17.2 Å². The number of rotatable bonds is 6. The number of methoxy groups -OCH3 is 3. The van der Waals surface area contributed by atoms with E-state index in [0.29, 0.717) is 17.2 Å². The zero-order valence-corrected chi connectivity index (χ0v) is 16.3. The van der Waals surface area contributed by atoms with Gasteiger partial charge >= 0.3 is 0 Å². The van der Waals surface area contributed by atoms with Crippen LogP contribution in [0.1, 0.15) is 28.3 Å². The number of hydrogen-bond acceptors (Lipinski definition) is 5. The van der Waals surface area contributed by atoms with Gasteiger partial charge in [0.25, 0.3) is 0 Å². The van der Waals surface area contributed by atoms with E-state index in [-0.39, 0.29) is 6.04 Å². The Morgan fingerprint density at radius 2 is 1.54 bits per heavy atom. The molecular weight excluding hydrogens is 328 g/mol. The summed E-state index contributed by atoms with van der Waals surface area (Å²) in [5, 5.41) is 3.59. The van der Waals surface area contributed by atoms with Crippen LogP contribution in [0.4, 0.5) is 0 Å². The van der Waals surface area contributed by atoms with Crippen LogP contribution in [0, 0.1) is 13.8 Å². The highest BCUT2D eigenvalue weighted by molar-refractivity contribution is 5.54. The van der Waals surface area contributed by atoms with E-state index in [0.717, 1.165) is 25.3 Å². The van der Waals surface area contributed by atoms with Crippen LogP contribution in [0.3, 0.4) is 0 Å². The summed E-state index contributed by atoms with van der Waals surface area (Å²) < 4.78 is 16.4. The molecule has 3 rings (SSSR count). The zero-order chi connectivity index (χ0) is 18.7. The average Bonchev–Trinajstić information content (AvgIpc) is 3.07. The minimum atomic E-state index is 0.231. The van der Waals surface area contributed by atoms with Crippen LogP contribution in [-0.4, -0.2) is 39.4 Å². The number of nitrogens with zero attached hydrogens (tertiary/aromatic N) is 1. The van der Waals surface area contributed by atoms with E-state index >= 15 is 0 Å². The summed E-state index contributed by atoms with van der Waals surface area (Å²) in [6.07, 6.45) is 0. The highest BCUT2D eigenvalue weighted by atomic mass is 16.5. The van der Waals surface area contributed by atoms with Crippen LogP contribution >= 0.6 is 0 Å². The van der Waals surface area contributed by atoms with E-state index < -0.39 is 0 Å². The van der Waals surface area contributed by atoms with E-state index in [9.17, 15) is 0 Å². The normalized spacial score (nSPS) is 17.3. The van der Waals surface area contributed by atoms with Gasteiger partial charge in [0, 0.05) is 25.8 Å². The Hall–Kier alpha value is -2.24. The monoisotopic (exact) mass is 356 g/mol. The molecule has 0 bridgehead atoms. The van der Waals surface area contributed by atoms with Crippen molar-refractivity contribution < 1.29 is 14.2 Å². The second-order valence-electron chi connectivity index (χ2n) is 6.88. The first-order valence-electron chi connectivity index (χ1n) is 8.87. The molecule has 2 aromatic rings. The van der Waals surface area contributed by atoms with Gasteiger partial charge in [-0.15, -0.1) is 0 Å². The highest BCUT2D eigenvalue weighted by Crippen LogP contribution is 2.40. The molecule has 0 radical (unpaired) electrons. The van der Waals surface area contributed by atoms with E-state index in [1.165, 1.54) is 16.7 Å². The molecule has 1 fully saturated rings. The minimum Gasteiger partial charge on any atom is -0.493 e. The quantitative estimate of drug-likeness (QED) is 0.859. The first-order chi connectivity index (χ1) is 12.5. The first kappa shape index (κ1) is 18.5. The van der Waals surface area contributed by atoms with Gasteiger partial charge in [-0.1, -0.05) is 29.3 Å². The summed E-state index contributed by atoms with van der Waals surface area (Å²) in [5.41, 5.74) is 5.12. The lowest BCUT2D eigenvalue weighted by Crippen LogP contribution is -2.21. The lowest BCUT2D eigenvalue weighted by molar-refractivity contribution is 0.319. The molecule has 1 saturated heterocycles. The maximum Gasteiger partial charge on any atom is 0.203 e. The fourth-order valence-electron chi connectivity index (χ4n) is 3.69. The van der Waals surface area contributed by atoms with Crippen LogP contribution < -0.4 is 19.5 Å². The van der Waals surface area contributed by atoms with Crippen LogP contribution in [0.2, 0.25) is 0 Å². The highest BCUT2D eigenvalue weighted by Gasteiger charge is 2.25. The second kappa shape index (κ2) is 7.98. The molecule has 0 amide bonds. The summed E-state index contributed by atoms with van der Waals surface area (Å²) in [7, 11) is 4.92. The van der Waals surface area contributed by atoms with Crippen molar-refractivity contribution in [3.63, 3.8) is 0 Å². The van der Waals surface area contributed by atoms with Gasteiger partial charge in [-0.3, -0.25) is 10.2 Å². The van der Waals surface area contributed by atoms with Crippen LogP contribution in [0.5, 0.6) is 17.2 Å². The zero-order valence-electron chi connectivity index (χ0n) is 16.3. The van der Waals surface area contributed by atoms with Crippen molar-refractivity contribution in [3.05, 3.63) is 52.6 Å². The minimum absolute atomic E-state index is 0.231. The summed E-state index contributed by atoms with van der Waals surface area (Å²) in [4.78, 5) is 2.42. The number of aryl methyl sites for hydroxylation is 2. The van der Waals surface area contributed by atoms with Crippen molar-refractivity contribution >= 4 is 0 Å². The topological polar surface area (TPSA) is 43.0 Å². The Labute approximate surface area is 155 Å². The van der Waals surface area contributed by atoms with Crippen molar-refractivity contribution in [1.29, 1.82) is 0 Å². The number of benzene rings is 2. The Bertz CT molecular complexity index is 731. The van der Waals surface area contributed by atoms with Gasteiger partial charge in [0.15, 0.2) is 11.5 Å². The molecule has 1 aliphatic heterocycles. The molecule has 140 valence electrons. The summed E-state index contributed by atoms with van der Waals surface area (Å²) >= 11 is 0. The van der Waals surface area contributed by atoms with Gasteiger partial charge < -0.3 is 14.2 Å². The maximum absolute atomic E-state index is 5.48. The van der Waals surface area contributed by atoms with Gasteiger partial charge in [-0.25, -0.2) is 0 Å². The molecule has 26 heavy (non-hydrogen) atoms. The Morgan fingerprint density at radius 3 is 2.08 bits per heavy atom. The predicted molar refractivity (Wildman–Crippen MR) is 103 cm³/mol. The number of hydrogen-bond donors (Lipinski definition) is 1. The van der Waals surface area contributed by atoms with Crippen molar-refractivity contribution in [2.75, 3.05) is 34.5 Å². The Balaban J connectivity index is 1.76. The summed E-state index contributed by atoms with van der Waals surface area (Å²) in [6, 6.07) is 11.0. The third kappa shape index (κ3) is 3.94. The van der Waals surface area contributed by atoms with Crippen molar-refractivity contribution in [2.24, 2.45) is 0 Å². The number of nitrogens with one attached hydrogen (secondary N) is 1. The van der Waals surface area contributed by atoms with E-state index in [1.807, 2.05) is 12.1 Å². The molecule has 2 aromatic carbocycles. The van der Waals surface area contributed by atoms with Crippen LogP contribution in [0.25, 0.3) is 0 Å². The molecule has 5 heteroatoms. The van der Waals surface area contributed by atoms with Gasteiger partial charge in [0.1, 0.15) is 0 Å². The molecule has 1 atom stereocenters. The molecule has 1 aliphatic rings. The molecule has 0 saturated carbocycles. The van der Waals surface area contributed by atoms with Crippen molar-refractivity contribution in [1.82, 2.24) is 10.2 Å². The molecule has 1 N–H and O–H groups in total. The fourth-order valence-corrected chi connectivity index (χ4v) is 3.69. The lowest BCUT2D eigenvalue weighted by Gasteiger charge is -2.18. The van der Waals surface area contributed by atoms with Gasteiger partial charge in [0.2, 0.25) is 5.75 Å². The standard InChI is InChI=1S/C21H28N2O3/c1-14-6-15(2)8-16(7-14)11-23-12-18(22-13-23)17-9-19(24-3)21(26-5)20(10-17)25-4/h6-10,18,22H,11-13H2,1-5H3. The molecular formula is C21H28N2O3. The van der Waals surface area contributed by atoms with Gasteiger partial charge in [-0.2, -0.15) is 0 Å². The van der Waals surface area contributed by atoms with E-state index in [4.69, 9.17) is 14.2 Å². The predicted octanol–water partition coefficient (Wildman–Crippen LogP) is 3.43. The molecule has 1 heterocycles. The fraction of sp³-hybridized carbons (Fsp3) is 0.429. The second-order valence-corrected chi connectivity index (χ2v) is 6.88. The van der Waals surface area contributed by atoms with Crippen LogP contribution in [-0.2, 0) is 6.54 Å².